The highest BCUT2D eigenvalue weighted by molar-refractivity contribution is 5.89. The summed E-state index contributed by atoms with van der Waals surface area (Å²) < 4.78 is 1.83. The Hall–Kier alpha value is -2.63. The van der Waals surface area contributed by atoms with E-state index in [1.165, 1.54) is 11.8 Å². The number of carboxylic acids is 1. The normalized spacial score (nSPS) is 19.4. The number of rotatable bonds is 4. The van der Waals surface area contributed by atoms with Crippen molar-refractivity contribution in [3.8, 4) is 0 Å². The maximum absolute atomic E-state index is 13.7. The van der Waals surface area contributed by atoms with Crippen LogP contribution in [0.4, 0.5) is 0 Å². The predicted molar refractivity (Wildman–Crippen MR) is 110 cm³/mol. The molecule has 0 atom stereocenters. The Bertz CT molecular complexity index is 919. The van der Waals surface area contributed by atoms with Gasteiger partial charge in [-0.1, -0.05) is 42.7 Å². The number of carboxylic acid groups (broad SMARTS) is 1. The van der Waals surface area contributed by atoms with E-state index in [0.29, 0.717) is 18.8 Å². The van der Waals surface area contributed by atoms with Crippen LogP contribution in [0.5, 0.6) is 0 Å². The lowest BCUT2D eigenvalue weighted by Gasteiger charge is -2.39. The van der Waals surface area contributed by atoms with Crippen LogP contribution in [0.1, 0.15) is 71.7 Å². The van der Waals surface area contributed by atoms with Gasteiger partial charge in [0.15, 0.2) is 0 Å². The van der Waals surface area contributed by atoms with Crippen molar-refractivity contribution in [2.24, 2.45) is 0 Å². The van der Waals surface area contributed by atoms with Crippen LogP contribution in [0, 0.1) is 13.8 Å². The van der Waals surface area contributed by atoms with Crippen LogP contribution in [-0.4, -0.2) is 44.8 Å². The van der Waals surface area contributed by atoms with Gasteiger partial charge in [0.2, 0.25) is 5.91 Å². The Morgan fingerprint density at radius 3 is 2.41 bits per heavy atom. The lowest BCUT2D eigenvalue weighted by Crippen LogP contribution is -2.48. The largest absolute Gasteiger partial charge is 0.478 e. The summed E-state index contributed by atoms with van der Waals surface area (Å²) in [4.78, 5) is 27.0. The SMILES string of the molecule is Cc1cccc(C2(C(=O)N3CCC(n4ncc(C(=O)O)c4C)CC3)CCCC2)c1. The first-order valence-corrected chi connectivity index (χ1v) is 10.6. The zero-order chi connectivity index (χ0) is 20.6. The minimum Gasteiger partial charge on any atom is -0.478 e. The zero-order valence-corrected chi connectivity index (χ0v) is 17.2. The second-order valence-electron chi connectivity index (χ2n) is 8.58. The van der Waals surface area contributed by atoms with Crippen LogP contribution in [0.2, 0.25) is 0 Å². The highest BCUT2D eigenvalue weighted by atomic mass is 16.4. The number of aromatic carboxylic acids is 1. The van der Waals surface area contributed by atoms with Gasteiger partial charge < -0.3 is 10.0 Å². The summed E-state index contributed by atoms with van der Waals surface area (Å²) in [6, 6.07) is 8.58. The van der Waals surface area contributed by atoms with E-state index in [2.05, 4.69) is 36.3 Å². The van der Waals surface area contributed by atoms with Crippen molar-refractivity contribution in [1.82, 2.24) is 14.7 Å². The number of amides is 1. The lowest BCUT2D eigenvalue weighted by atomic mass is 9.76. The molecule has 1 N–H and O–H groups in total. The summed E-state index contributed by atoms with van der Waals surface area (Å²) in [6.07, 6.45) is 7.08. The van der Waals surface area contributed by atoms with Crippen LogP contribution in [0.25, 0.3) is 0 Å². The number of hydrogen-bond acceptors (Lipinski definition) is 3. The van der Waals surface area contributed by atoms with Gasteiger partial charge in [-0.15, -0.1) is 0 Å². The average Bonchev–Trinajstić information content (AvgIpc) is 3.35. The molecule has 1 saturated carbocycles. The number of hydrogen-bond donors (Lipinski definition) is 1. The van der Waals surface area contributed by atoms with Crippen molar-refractivity contribution >= 4 is 11.9 Å². The molecule has 1 aromatic heterocycles. The third-order valence-electron chi connectivity index (χ3n) is 6.81. The summed E-state index contributed by atoms with van der Waals surface area (Å²) in [7, 11) is 0. The third kappa shape index (κ3) is 3.45. The van der Waals surface area contributed by atoms with E-state index < -0.39 is 5.97 Å². The Morgan fingerprint density at radius 1 is 1.14 bits per heavy atom. The first-order chi connectivity index (χ1) is 13.9. The molecular formula is C23H29N3O3. The molecule has 0 radical (unpaired) electrons. The van der Waals surface area contributed by atoms with Crippen LogP contribution in [0.3, 0.4) is 0 Å². The Balaban J connectivity index is 1.50. The molecule has 0 spiro atoms. The maximum Gasteiger partial charge on any atom is 0.339 e. The van der Waals surface area contributed by atoms with Crippen molar-refractivity contribution in [2.45, 2.75) is 63.8 Å². The molecule has 2 heterocycles. The van der Waals surface area contributed by atoms with Crippen LogP contribution >= 0.6 is 0 Å². The van der Waals surface area contributed by atoms with Gasteiger partial charge in [-0.25, -0.2) is 4.79 Å². The first kappa shape index (κ1) is 19.7. The van der Waals surface area contributed by atoms with Crippen molar-refractivity contribution in [2.75, 3.05) is 13.1 Å². The lowest BCUT2D eigenvalue weighted by molar-refractivity contribution is -0.138. The van der Waals surface area contributed by atoms with Gasteiger partial charge in [-0.3, -0.25) is 9.48 Å². The molecule has 1 amide bonds. The van der Waals surface area contributed by atoms with Gasteiger partial charge in [0.1, 0.15) is 5.56 Å². The molecule has 2 fully saturated rings. The van der Waals surface area contributed by atoms with Gasteiger partial charge in [-0.05, 0) is 45.1 Å². The summed E-state index contributed by atoms with van der Waals surface area (Å²) >= 11 is 0. The third-order valence-corrected chi connectivity index (χ3v) is 6.81. The Kier molecular flexibility index (Phi) is 5.19. The zero-order valence-electron chi connectivity index (χ0n) is 17.2. The molecule has 29 heavy (non-hydrogen) atoms. The van der Waals surface area contributed by atoms with E-state index in [4.69, 9.17) is 0 Å². The number of aromatic nitrogens is 2. The minimum absolute atomic E-state index is 0.144. The average molecular weight is 396 g/mol. The van der Waals surface area contributed by atoms with Crippen LogP contribution in [-0.2, 0) is 10.2 Å². The standard InChI is InChI=1S/C23H29N3O3/c1-16-6-5-7-18(14-16)23(10-3-4-11-23)22(29)25-12-8-19(9-13-25)26-17(2)20(15-24-26)21(27)28/h5-7,14-15,19H,3-4,8-13H2,1-2H3,(H,27,28). The molecule has 4 rings (SSSR count). The molecule has 2 aromatic rings. The molecule has 1 aliphatic heterocycles. The molecule has 0 unspecified atom stereocenters. The van der Waals surface area contributed by atoms with Crippen LogP contribution < -0.4 is 0 Å². The second kappa shape index (κ2) is 7.65. The number of carbonyl (C=O) groups is 2. The Morgan fingerprint density at radius 2 is 1.83 bits per heavy atom. The molecule has 1 aliphatic carbocycles. The van der Waals surface area contributed by atoms with Crippen LogP contribution in [0.15, 0.2) is 30.5 Å². The summed E-state index contributed by atoms with van der Waals surface area (Å²) in [5.41, 5.74) is 2.93. The van der Waals surface area contributed by atoms with Crippen molar-refractivity contribution in [1.29, 1.82) is 0 Å². The first-order valence-electron chi connectivity index (χ1n) is 10.6. The van der Waals surface area contributed by atoms with E-state index >= 15 is 0 Å². The number of aryl methyl sites for hydroxylation is 1. The fraction of sp³-hybridized carbons (Fsp3) is 0.522. The summed E-state index contributed by atoms with van der Waals surface area (Å²) in [5.74, 6) is -0.676. The summed E-state index contributed by atoms with van der Waals surface area (Å²) in [5, 5.41) is 13.6. The molecule has 154 valence electrons. The highest BCUT2D eigenvalue weighted by Gasteiger charge is 2.45. The topological polar surface area (TPSA) is 75.4 Å². The molecule has 0 bridgehead atoms. The van der Waals surface area contributed by atoms with E-state index in [9.17, 15) is 14.7 Å². The molecular weight excluding hydrogens is 366 g/mol. The second-order valence-corrected chi connectivity index (χ2v) is 8.58. The summed E-state index contributed by atoms with van der Waals surface area (Å²) in [6.45, 7) is 5.27. The van der Waals surface area contributed by atoms with E-state index in [-0.39, 0.29) is 22.9 Å². The smallest absolute Gasteiger partial charge is 0.339 e. The number of carbonyl (C=O) groups excluding carboxylic acids is 1. The molecule has 6 nitrogen and oxygen atoms in total. The molecule has 6 heteroatoms. The quantitative estimate of drug-likeness (QED) is 0.853. The number of piperidine rings is 1. The van der Waals surface area contributed by atoms with Crippen molar-refractivity contribution in [3.63, 3.8) is 0 Å². The Labute approximate surface area is 171 Å². The fourth-order valence-electron chi connectivity index (χ4n) is 5.16. The van der Waals surface area contributed by atoms with Gasteiger partial charge in [-0.2, -0.15) is 5.10 Å². The predicted octanol–water partition coefficient (Wildman–Crippen LogP) is 3.87. The van der Waals surface area contributed by atoms with Gasteiger partial charge >= 0.3 is 5.97 Å². The monoisotopic (exact) mass is 395 g/mol. The maximum atomic E-state index is 13.7. The van der Waals surface area contributed by atoms with Gasteiger partial charge in [0, 0.05) is 13.1 Å². The number of likely N-dealkylation sites (tertiary alicyclic amines) is 1. The van der Waals surface area contributed by atoms with E-state index in [1.807, 2.05) is 9.58 Å². The number of nitrogens with zero attached hydrogens (tertiary/aromatic N) is 3. The molecule has 1 aromatic carbocycles. The number of benzene rings is 1. The highest BCUT2D eigenvalue weighted by Crippen LogP contribution is 2.43. The van der Waals surface area contributed by atoms with Gasteiger partial charge in [0.25, 0.3) is 0 Å². The van der Waals surface area contributed by atoms with E-state index in [1.54, 1.807) is 6.92 Å². The molecule has 2 aliphatic rings. The van der Waals surface area contributed by atoms with Crippen molar-refractivity contribution in [3.05, 3.63) is 52.8 Å². The minimum atomic E-state index is -0.942. The van der Waals surface area contributed by atoms with Gasteiger partial charge in [0.05, 0.1) is 23.3 Å². The molecule has 1 saturated heterocycles. The van der Waals surface area contributed by atoms with E-state index in [0.717, 1.165) is 44.1 Å². The van der Waals surface area contributed by atoms with Crippen molar-refractivity contribution < 1.29 is 14.7 Å². The fourth-order valence-corrected chi connectivity index (χ4v) is 5.16.